The molecule has 1 aromatic carbocycles. The molecule has 1 N–H and O–H groups in total. The lowest BCUT2D eigenvalue weighted by molar-refractivity contribution is -0.126. The second kappa shape index (κ2) is 6.25. The maximum absolute atomic E-state index is 13.1. The Labute approximate surface area is 128 Å². The van der Waals surface area contributed by atoms with Crippen LogP contribution in [0.2, 0.25) is 0 Å². The van der Waals surface area contributed by atoms with E-state index < -0.39 is 0 Å². The van der Waals surface area contributed by atoms with Crippen molar-refractivity contribution in [1.29, 1.82) is 0 Å². The average Bonchev–Trinajstić information content (AvgIpc) is 2.81. The molecule has 1 saturated carbocycles. The van der Waals surface area contributed by atoms with Gasteiger partial charge in [-0.05, 0) is 59.3 Å². The summed E-state index contributed by atoms with van der Waals surface area (Å²) in [5.41, 5.74) is 0.397. The lowest BCUT2D eigenvalue weighted by Crippen LogP contribution is -2.35. The monoisotopic (exact) mass is 341 g/mol. The molecule has 0 atom stereocenters. The first kappa shape index (κ1) is 15.5. The second-order valence-corrected chi connectivity index (χ2v) is 7.02. The van der Waals surface area contributed by atoms with Crippen LogP contribution in [0.1, 0.15) is 46.0 Å². The molecule has 0 radical (unpaired) electrons. The Bertz CT molecular complexity index is 495. The summed E-state index contributed by atoms with van der Waals surface area (Å²) in [5, 5.41) is 2.97. The minimum atomic E-state index is -0.312. The van der Waals surface area contributed by atoms with Gasteiger partial charge in [0.05, 0.1) is 5.69 Å². The van der Waals surface area contributed by atoms with Gasteiger partial charge in [0, 0.05) is 9.89 Å². The summed E-state index contributed by atoms with van der Waals surface area (Å²) >= 11 is 3.30. The molecule has 1 aliphatic rings. The van der Waals surface area contributed by atoms with E-state index in [4.69, 9.17) is 0 Å². The number of nitrogens with one attached hydrogen (secondary N) is 1. The Morgan fingerprint density at radius 1 is 1.40 bits per heavy atom. The van der Waals surface area contributed by atoms with Crippen LogP contribution in [0.4, 0.5) is 10.1 Å². The van der Waals surface area contributed by atoms with Gasteiger partial charge in [-0.2, -0.15) is 0 Å². The number of hydrogen-bond donors (Lipinski definition) is 1. The van der Waals surface area contributed by atoms with Crippen molar-refractivity contribution in [3.05, 3.63) is 28.5 Å². The first-order valence-electron chi connectivity index (χ1n) is 7.19. The molecule has 0 aliphatic heterocycles. The van der Waals surface area contributed by atoms with E-state index in [1.54, 1.807) is 6.07 Å². The number of carbonyl (C=O) groups excluding carboxylic acids is 1. The molecule has 2 nitrogen and oxygen atoms in total. The fraction of sp³-hybridized carbons (Fsp3) is 0.562. The Balaban J connectivity index is 2.16. The molecule has 0 spiro atoms. The van der Waals surface area contributed by atoms with Crippen LogP contribution >= 0.6 is 15.9 Å². The minimum Gasteiger partial charge on any atom is -0.325 e. The third kappa shape index (κ3) is 3.40. The molecular weight excluding hydrogens is 321 g/mol. The molecule has 0 saturated heterocycles. The van der Waals surface area contributed by atoms with Crippen LogP contribution in [0.15, 0.2) is 22.7 Å². The van der Waals surface area contributed by atoms with Crippen molar-refractivity contribution in [2.24, 2.45) is 11.3 Å². The largest absolute Gasteiger partial charge is 0.325 e. The van der Waals surface area contributed by atoms with Gasteiger partial charge in [0.25, 0.3) is 0 Å². The fourth-order valence-electron chi connectivity index (χ4n) is 3.20. The number of rotatable bonds is 4. The van der Waals surface area contributed by atoms with Crippen LogP contribution < -0.4 is 5.32 Å². The highest BCUT2D eigenvalue weighted by atomic mass is 79.9. The van der Waals surface area contributed by atoms with Crippen LogP contribution in [0.5, 0.6) is 0 Å². The highest BCUT2D eigenvalue weighted by Crippen LogP contribution is 2.44. The van der Waals surface area contributed by atoms with Crippen molar-refractivity contribution in [3.63, 3.8) is 0 Å². The highest BCUT2D eigenvalue weighted by Gasteiger charge is 2.41. The summed E-state index contributed by atoms with van der Waals surface area (Å²) in [7, 11) is 0. The van der Waals surface area contributed by atoms with Crippen molar-refractivity contribution in [2.45, 2.75) is 46.0 Å². The molecule has 0 bridgehead atoms. The van der Waals surface area contributed by atoms with Gasteiger partial charge in [-0.15, -0.1) is 0 Å². The summed E-state index contributed by atoms with van der Waals surface area (Å²) in [5.74, 6) is 0.263. The molecule has 0 heterocycles. The summed E-state index contributed by atoms with van der Waals surface area (Å²) < 4.78 is 13.7. The lowest BCUT2D eigenvalue weighted by atomic mass is 9.77. The quantitative estimate of drug-likeness (QED) is 0.807. The van der Waals surface area contributed by atoms with E-state index in [0.717, 1.165) is 32.1 Å². The molecule has 1 fully saturated rings. The van der Waals surface area contributed by atoms with Crippen molar-refractivity contribution in [1.82, 2.24) is 0 Å². The first-order valence-corrected chi connectivity index (χ1v) is 7.99. The van der Waals surface area contributed by atoms with Crippen molar-refractivity contribution < 1.29 is 9.18 Å². The molecule has 1 aliphatic carbocycles. The summed E-state index contributed by atoms with van der Waals surface area (Å²) in [6.45, 7) is 4.31. The minimum absolute atomic E-state index is 0.0796. The van der Waals surface area contributed by atoms with Gasteiger partial charge in [0.2, 0.25) is 5.91 Å². The number of carbonyl (C=O) groups is 1. The van der Waals surface area contributed by atoms with E-state index in [0.29, 0.717) is 16.1 Å². The molecule has 110 valence electrons. The molecule has 0 unspecified atom stereocenters. The average molecular weight is 342 g/mol. The zero-order valence-electron chi connectivity index (χ0n) is 12.0. The Morgan fingerprint density at radius 3 is 2.60 bits per heavy atom. The smallest absolute Gasteiger partial charge is 0.230 e. The summed E-state index contributed by atoms with van der Waals surface area (Å²) in [4.78, 5) is 12.7. The van der Waals surface area contributed by atoms with Crippen molar-refractivity contribution >= 4 is 27.5 Å². The van der Waals surface area contributed by atoms with Gasteiger partial charge in [-0.3, -0.25) is 4.79 Å². The van der Waals surface area contributed by atoms with E-state index in [1.807, 2.05) is 0 Å². The van der Waals surface area contributed by atoms with Gasteiger partial charge >= 0.3 is 0 Å². The number of hydrogen-bond acceptors (Lipinski definition) is 1. The van der Waals surface area contributed by atoms with Crippen LogP contribution in [0.3, 0.4) is 0 Å². The number of amides is 1. The highest BCUT2D eigenvalue weighted by molar-refractivity contribution is 9.10. The third-order valence-corrected chi connectivity index (χ3v) is 4.68. The molecule has 1 aromatic rings. The molecule has 20 heavy (non-hydrogen) atoms. The van der Waals surface area contributed by atoms with Gasteiger partial charge in [0.1, 0.15) is 5.82 Å². The van der Waals surface area contributed by atoms with Crippen LogP contribution in [0.25, 0.3) is 0 Å². The lowest BCUT2D eigenvalue weighted by Gasteiger charge is -2.29. The van der Waals surface area contributed by atoms with E-state index in [1.165, 1.54) is 12.1 Å². The predicted octanol–water partition coefficient (Wildman–Crippen LogP) is 5.13. The van der Waals surface area contributed by atoms with Crippen LogP contribution in [-0.2, 0) is 4.79 Å². The summed E-state index contributed by atoms with van der Waals surface area (Å²) in [6, 6.07) is 4.35. The fourth-order valence-corrected chi connectivity index (χ4v) is 3.65. The molecular formula is C16H21BrFNO. The van der Waals surface area contributed by atoms with E-state index in [-0.39, 0.29) is 17.1 Å². The maximum Gasteiger partial charge on any atom is 0.230 e. The van der Waals surface area contributed by atoms with Crippen molar-refractivity contribution in [3.8, 4) is 0 Å². The maximum atomic E-state index is 13.1. The van der Waals surface area contributed by atoms with Crippen LogP contribution in [-0.4, -0.2) is 5.91 Å². The van der Waals surface area contributed by atoms with Gasteiger partial charge in [-0.1, -0.05) is 26.7 Å². The number of benzene rings is 1. The van der Waals surface area contributed by atoms with E-state index >= 15 is 0 Å². The molecule has 0 aromatic heterocycles. The van der Waals surface area contributed by atoms with Gasteiger partial charge in [-0.25, -0.2) is 4.39 Å². The van der Waals surface area contributed by atoms with Gasteiger partial charge < -0.3 is 5.32 Å². The normalized spacial score (nSPS) is 17.4. The zero-order valence-corrected chi connectivity index (χ0v) is 13.6. The Hall–Kier alpha value is -0.900. The van der Waals surface area contributed by atoms with Crippen LogP contribution in [0, 0.1) is 17.2 Å². The Morgan fingerprint density at radius 2 is 2.05 bits per heavy atom. The Kier molecular flexibility index (Phi) is 4.84. The molecule has 2 rings (SSSR count). The van der Waals surface area contributed by atoms with E-state index in [2.05, 4.69) is 35.1 Å². The molecule has 4 heteroatoms. The SMILES string of the molecule is CC(C)CC1(C(=O)Nc2ccc(F)cc2Br)CCCC1. The van der Waals surface area contributed by atoms with Crippen molar-refractivity contribution in [2.75, 3.05) is 5.32 Å². The summed E-state index contributed by atoms with van der Waals surface area (Å²) in [6.07, 6.45) is 5.05. The first-order chi connectivity index (χ1) is 9.43. The number of halogens is 2. The topological polar surface area (TPSA) is 29.1 Å². The third-order valence-electron chi connectivity index (χ3n) is 4.02. The van der Waals surface area contributed by atoms with E-state index in [9.17, 15) is 9.18 Å². The van der Waals surface area contributed by atoms with Gasteiger partial charge in [0.15, 0.2) is 0 Å². The number of anilines is 1. The zero-order chi connectivity index (χ0) is 14.8. The standard InChI is InChI=1S/C16H21BrFNO/c1-11(2)10-16(7-3-4-8-16)15(20)19-14-6-5-12(18)9-13(14)17/h5-6,9,11H,3-4,7-8,10H2,1-2H3,(H,19,20). The second-order valence-electron chi connectivity index (χ2n) is 6.16. The molecule has 1 amide bonds. The predicted molar refractivity (Wildman–Crippen MR) is 83.1 cm³/mol.